The van der Waals surface area contributed by atoms with Crippen LogP contribution in [0, 0.1) is 0 Å². The lowest BCUT2D eigenvalue weighted by molar-refractivity contribution is 0.104. The summed E-state index contributed by atoms with van der Waals surface area (Å²) >= 11 is 5.89. The Hall–Kier alpha value is -1.36. The molecule has 1 saturated heterocycles. The zero-order valence-corrected chi connectivity index (χ0v) is 12.9. The topological polar surface area (TPSA) is 24.3 Å². The van der Waals surface area contributed by atoms with Gasteiger partial charge >= 0.3 is 0 Å². The fraction of sp³-hybridized carbons (Fsp3) is 0.438. The second-order valence-corrected chi connectivity index (χ2v) is 5.97. The van der Waals surface area contributed by atoms with Gasteiger partial charge in [0, 0.05) is 38.9 Å². The molecule has 0 amide bonds. The van der Waals surface area contributed by atoms with Gasteiger partial charge in [-0.05, 0) is 12.0 Å². The molecule has 0 spiro atoms. The van der Waals surface area contributed by atoms with Crippen LogP contribution in [-0.4, -0.2) is 52.3 Å². The molecule has 0 aliphatic carbocycles. The highest BCUT2D eigenvalue weighted by atomic mass is 35.5. The predicted molar refractivity (Wildman–Crippen MR) is 85.4 cm³/mol. The van der Waals surface area contributed by atoms with Crippen LogP contribution in [0.2, 0.25) is 5.02 Å². The molecule has 1 aromatic heterocycles. The molecule has 4 nitrogen and oxygen atoms in total. The third kappa shape index (κ3) is 4.30. The highest BCUT2D eigenvalue weighted by Crippen LogP contribution is 2.08. The lowest BCUT2D eigenvalue weighted by atomic mass is 10.1. The third-order valence-electron chi connectivity index (χ3n) is 3.97. The van der Waals surface area contributed by atoms with Gasteiger partial charge in [-0.15, -0.1) is 0 Å². The van der Waals surface area contributed by atoms with Crippen LogP contribution < -0.4 is 0 Å². The molecule has 0 saturated carbocycles. The fourth-order valence-corrected chi connectivity index (χ4v) is 2.86. The van der Waals surface area contributed by atoms with Gasteiger partial charge < -0.3 is 4.90 Å². The first-order valence-electron chi connectivity index (χ1n) is 7.46. The van der Waals surface area contributed by atoms with Crippen LogP contribution in [0.5, 0.6) is 0 Å². The summed E-state index contributed by atoms with van der Waals surface area (Å²) in [6.45, 7) is 6.41. The molecule has 1 aromatic carbocycles. The predicted octanol–water partition coefficient (Wildman–Crippen LogP) is 2.35. The molecule has 2 aromatic rings. The van der Waals surface area contributed by atoms with Crippen LogP contribution >= 0.6 is 11.6 Å². The van der Waals surface area contributed by atoms with Crippen LogP contribution in [0.25, 0.3) is 0 Å². The Kier molecular flexibility index (Phi) is 4.91. The van der Waals surface area contributed by atoms with E-state index < -0.39 is 0 Å². The minimum Gasteiger partial charge on any atom is -0.300 e. The van der Waals surface area contributed by atoms with Gasteiger partial charge in [0.2, 0.25) is 0 Å². The van der Waals surface area contributed by atoms with Gasteiger partial charge in [-0.2, -0.15) is 5.10 Å². The van der Waals surface area contributed by atoms with Crippen molar-refractivity contribution in [2.24, 2.45) is 0 Å². The molecule has 21 heavy (non-hydrogen) atoms. The van der Waals surface area contributed by atoms with Gasteiger partial charge in [-0.25, -0.2) is 0 Å². The summed E-state index contributed by atoms with van der Waals surface area (Å²) in [5, 5.41) is 4.94. The van der Waals surface area contributed by atoms with Crippen molar-refractivity contribution < 1.29 is 0 Å². The van der Waals surface area contributed by atoms with E-state index in [1.807, 2.05) is 10.9 Å². The Balaban J connectivity index is 1.40. The molecule has 3 rings (SSSR count). The molecule has 0 N–H and O–H groups in total. The maximum absolute atomic E-state index is 5.89. The quantitative estimate of drug-likeness (QED) is 0.847. The highest BCUT2D eigenvalue weighted by molar-refractivity contribution is 6.30. The molecule has 1 fully saturated rings. The van der Waals surface area contributed by atoms with E-state index in [9.17, 15) is 0 Å². The zero-order valence-electron chi connectivity index (χ0n) is 12.2. The summed E-state index contributed by atoms with van der Waals surface area (Å²) in [5.74, 6) is 0. The molecular formula is C16H21ClN4. The number of hydrogen-bond donors (Lipinski definition) is 0. The standard InChI is InChI=1S/C16H21ClN4/c17-16-12-18-21(13-16)14-20-10-8-19(9-11-20)7-6-15-4-2-1-3-5-15/h1-5,12-13H,6-11,14H2. The Morgan fingerprint density at radius 3 is 2.38 bits per heavy atom. The molecule has 1 aliphatic rings. The van der Waals surface area contributed by atoms with E-state index in [2.05, 4.69) is 45.2 Å². The zero-order chi connectivity index (χ0) is 14.5. The Morgan fingerprint density at radius 2 is 1.71 bits per heavy atom. The van der Waals surface area contributed by atoms with Crippen LogP contribution in [0.3, 0.4) is 0 Å². The van der Waals surface area contributed by atoms with Crippen LogP contribution in [-0.2, 0) is 13.1 Å². The first-order valence-corrected chi connectivity index (χ1v) is 7.84. The summed E-state index contributed by atoms with van der Waals surface area (Å²) < 4.78 is 1.90. The van der Waals surface area contributed by atoms with Crippen molar-refractivity contribution in [2.75, 3.05) is 32.7 Å². The van der Waals surface area contributed by atoms with E-state index in [4.69, 9.17) is 11.6 Å². The molecule has 0 atom stereocenters. The normalized spacial score (nSPS) is 17.2. The molecule has 0 bridgehead atoms. The van der Waals surface area contributed by atoms with Crippen molar-refractivity contribution in [1.82, 2.24) is 19.6 Å². The van der Waals surface area contributed by atoms with Crippen LogP contribution in [0.1, 0.15) is 5.56 Å². The van der Waals surface area contributed by atoms with E-state index in [-0.39, 0.29) is 0 Å². The number of nitrogens with zero attached hydrogens (tertiary/aromatic N) is 4. The van der Waals surface area contributed by atoms with Crippen LogP contribution in [0.4, 0.5) is 0 Å². The molecule has 5 heteroatoms. The van der Waals surface area contributed by atoms with Gasteiger partial charge in [-0.1, -0.05) is 41.9 Å². The van der Waals surface area contributed by atoms with Gasteiger partial charge in [0.15, 0.2) is 0 Å². The maximum Gasteiger partial charge on any atom is 0.0930 e. The van der Waals surface area contributed by atoms with Gasteiger partial charge in [0.1, 0.15) is 0 Å². The maximum atomic E-state index is 5.89. The third-order valence-corrected chi connectivity index (χ3v) is 4.17. The minimum atomic E-state index is 0.705. The van der Waals surface area contributed by atoms with Crippen molar-refractivity contribution in [3.63, 3.8) is 0 Å². The fourth-order valence-electron chi connectivity index (χ4n) is 2.71. The number of hydrogen-bond acceptors (Lipinski definition) is 3. The Morgan fingerprint density at radius 1 is 1.00 bits per heavy atom. The first-order chi connectivity index (χ1) is 10.3. The van der Waals surface area contributed by atoms with Gasteiger partial charge in [-0.3, -0.25) is 9.58 Å². The average molecular weight is 305 g/mol. The van der Waals surface area contributed by atoms with E-state index in [0.717, 1.165) is 45.8 Å². The minimum absolute atomic E-state index is 0.705. The summed E-state index contributed by atoms with van der Waals surface area (Å²) in [5.41, 5.74) is 1.42. The molecule has 0 radical (unpaired) electrons. The summed E-state index contributed by atoms with van der Waals surface area (Å²) in [7, 11) is 0. The smallest absolute Gasteiger partial charge is 0.0930 e. The second kappa shape index (κ2) is 7.07. The summed E-state index contributed by atoms with van der Waals surface area (Å²) in [4.78, 5) is 4.96. The second-order valence-electron chi connectivity index (χ2n) is 5.53. The largest absolute Gasteiger partial charge is 0.300 e. The molecular weight excluding hydrogens is 284 g/mol. The summed E-state index contributed by atoms with van der Waals surface area (Å²) in [6, 6.07) is 10.7. The Bertz CT molecular complexity index is 546. The lowest BCUT2D eigenvalue weighted by Gasteiger charge is -2.34. The number of aromatic nitrogens is 2. The van der Waals surface area contributed by atoms with E-state index in [0.29, 0.717) is 5.02 Å². The van der Waals surface area contributed by atoms with Crippen molar-refractivity contribution in [3.05, 3.63) is 53.3 Å². The molecule has 0 unspecified atom stereocenters. The monoisotopic (exact) mass is 304 g/mol. The van der Waals surface area contributed by atoms with Crippen molar-refractivity contribution in [1.29, 1.82) is 0 Å². The Labute approximate surface area is 130 Å². The van der Waals surface area contributed by atoms with E-state index >= 15 is 0 Å². The van der Waals surface area contributed by atoms with Gasteiger partial charge in [0.25, 0.3) is 0 Å². The SMILES string of the molecule is Clc1cnn(CN2CCN(CCc3ccccc3)CC2)c1. The lowest BCUT2D eigenvalue weighted by Crippen LogP contribution is -2.47. The van der Waals surface area contributed by atoms with E-state index in [1.165, 1.54) is 5.56 Å². The van der Waals surface area contributed by atoms with Crippen molar-refractivity contribution in [3.8, 4) is 0 Å². The number of rotatable bonds is 5. The van der Waals surface area contributed by atoms with Crippen LogP contribution in [0.15, 0.2) is 42.7 Å². The molecule has 2 heterocycles. The number of piperazine rings is 1. The van der Waals surface area contributed by atoms with Crippen molar-refractivity contribution in [2.45, 2.75) is 13.1 Å². The molecule has 1 aliphatic heterocycles. The van der Waals surface area contributed by atoms with Crippen molar-refractivity contribution >= 4 is 11.6 Å². The highest BCUT2D eigenvalue weighted by Gasteiger charge is 2.16. The molecule has 112 valence electrons. The first kappa shape index (κ1) is 14.6. The van der Waals surface area contributed by atoms with Gasteiger partial charge in [0.05, 0.1) is 17.9 Å². The average Bonchev–Trinajstić information content (AvgIpc) is 2.93. The number of benzene rings is 1. The summed E-state index contributed by atoms with van der Waals surface area (Å²) in [6.07, 6.45) is 4.70. The van der Waals surface area contributed by atoms with E-state index in [1.54, 1.807) is 6.20 Å². The number of halogens is 1.